The summed E-state index contributed by atoms with van der Waals surface area (Å²) in [4.78, 5) is 23.7. The highest BCUT2D eigenvalue weighted by Crippen LogP contribution is 2.67. The summed E-state index contributed by atoms with van der Waals surface area (Å²) in [5, 5.41) is 16.5. The van der Waals surface area contributed by atoms with Crippen LogP contribution in [0, 0.1) is 46.3 Å². The Morgan fingerprint density at radius 1 is 0.969 bits per heavy atom. The molecule has 2 N–H and O–H groups in total. The predicted octanol–water partition coefficient (Wildman–Crippen LogP) is 4.87. The van der Waals surface area contributed by atoms with Gasteiger partial charge in [0.15, 0.2) is 0 Å². The zero-order valence-corrected chi connectivity index (χ0v) is 21.1. The van der Waals surface area contributed by atoms with Gasteiger partial charge in [-0.15, -0.1) is 0 Å². The van der Waals surface area contributed by atoms with Crippen LogP contribution in [0.15, 0.2) is 0 Å². The fourth-order valence-corrected chi connectivity index (χ4v) is 8.62. The van der Waals surface area contributed by atoms with E-state index in [0.717, 1.165) is 29.6 Å². The second-order valence-electron chi connectivity index (χ2n) is 12.2. The molecule has 0 aliphatic heterocycles. The maximum absolute atomic E-state index is 12.2. The third-order valence-corrected chi connectivity index (χ3v) is 10.3. The van der Waals surface area contributed by atoms with E-state index in [1.807, 2.05) is 6.92 Å². The molecule has 4 aliphatic rings. The predicted molar refractivity (Wildman–Crippen MR) is 127 cm³/mol. The van der Waals surface area contributed by atoms with Crippen LogP contribution in [0.1, 0.15) is 85.5 Å². The summed E-state index contributed by atoms with van der Waals surface area (Å²) in [6.07, 6.45) is 12.6. The fourth-order valence-electron chi connectivity index (χ4n) is 8.62. The summed E-state index contributed by atoms with van der Waals surface area (Å²) in [7, 11) is 1.64. The number of hydrogen-bond acceptors (Lipinski definition) is 4. The molecule has 8 unspecified atom stereocenters. The van der Waals surface area contributed by atoms with Crippen LogP contribution in [0.5, 0.6) is 0 Å². The van der Waals surface area contributed by atoms with Crippen molar-refractivity contribution in [1.29, 1.82) is 0 Å². The van der Waals surface area contributed by atoms with Gasteiger partial charge < -0.3 is 10.2 Å². The molecule has 0 radical (unpaired) electrons. The number of rotatable bonds is 5. The van der Waals surface area contributed by atoms with Gasteiger partial charge in [-0.2, -0.15) is 0 Å². The number of ketones is 1. The van der Waals surface area contributed by atoms with Gasteiger partial charge in [0.05, 0.1) is 13.2 Å². The summed E-state index contributed by atoms with van der Waals surface area (Å²) >= 11 is 0. The normalized spacial score (nSPS) is 42.8. The maximum atomic E-state index is 12.2. The Morgan fingerprint density at radius 3 is 2.25 bits per heavy atom. The van der Waals surface area contributed by atoms with E-state index in [9.17, 15) is 9.59 Å². The largest absolute Gasteiger partial charge is 0.480 e. The molecule has 0 aromatic heterocycles. The first-order chi connectivity index (χ1) is 15.0. The molecule has 4 fully saturated rings. The van der Waals surface area contributed by atoms with E-state index in [1.54, 1.807) is 7.05 Å². The molecule has 0 aromatic carbocycles. The lowest BCUT2D eigenvalue weighted by atomic mass is 9.44. The summed E-state index contributed by atoms with van der Waals surface area (Å²) in [6.45, 7) is 9.85. The van der Waals surface area contributed by atoms with Crippen LogP contribution in [0.2, 0.25) is 0 Å². The van der Waals surface area contributed by atoms with Gasteiger partial charge in [-0.1, -0.05) is 27.2 Å². The Balaban J connectivity index is 0.000000275. The number of aliphatic carboxylic acids is 1. The Labute approximate surface area is 195 Å². The minimum absolute atomic E-state index is 0.00375. The number of fused-ring (bicyclic) bond motifs is 5. The number of hydrogen-bond donors (Lipinski definition) is 2. The Hall–Kier alpha value is -0.940. The van der Waals surface area contributed by atoms with E-state index in [4.69, 9.17) is 10.2 Å². The second-order valence-corrected chi connectivity index (χ2v) is 12.2. The second kappa shape index (κ2) is 10.1. The molecule has 0 bridgehead atoms. The summed E-state index contributed by atoms with van der Waals surface area (Å²) in [5.41, 5.74) is 0.948. The topological polar surface area (TPSA) is 77.8 Å². The quantitative estimate of drug-likeness (QED) is 0.626. The third-order valence-electron chi connectivity index (χ3n) is 10.3. The first-order valence-electron chi connectivity index (χ1n) is 13.0. The zero-order chi connectivity index (χ0) is 23.7. The van der Waals surface area contributed by atoms with Gasteiger partial charge in [-0.05, 0) is 106 Å². The van der Waals surface area contributed by atoms with Gasteiger partial charge in [0, 0.05) is 12.5 Å². The smallest absolute Gasteiger partial charge is 0.317 e. The van der Waals surface area contributed by atoms with Crippen molar-refractivity contribution >= 4 is 11.8 Å². The van der Waals surface area contributed by atoms with Crippen LogP contribution in [0.3, 0.4) is 0 Å². The van der Waals surface area contributed by atoms with Crippen molar-refractivity contribution in [1.82, 2.24) is 4.90 Å². The zero-order valence-electron chi connectivity index (χ0n) is 21.1. The van der Waals surface area contributed by atoms with Gasteiger partial charge in [0.2, 0.25) is 0 Å². The van der Waals surface area contributed by atoms with Crippen molar-refractivity contribution in [3.8, 4) is 0 Å². The first-order valence-corrected chi connectivity index (χ1v) is 13.0. The molecule has 32 heavy (non-hydrogen) atoms. The van der Waals surface area contributed by atoms with E-state index in [0.29, 0.717) is 29.1 Å². The average molecular weight is 450 g/mol. The van der Waals surface area contributed by atoms with E-state index in [-0.39, 0.29) is 13.2 Å². The van der Waals surface area contributed by atoms with E-state index in [1.165, 1.54) is 62.7 Å². The van der Waals surface area contributed by atoms with Crippen molar-refractivity contribution < 1.29 is 19.8 Å². The molecule has 0 heterocycles. The molecule has 5 nitrogen and oxygen atoms in total. The molecular formula is C27H47NO4. The molecular weight excluding hydrogens is 402 g/mol. The van der Waals surface area contributed by atoms with Gasteiger partial charge in [-0.3, -0.25) is 14.5 Å². The number of nitrogens with zero attached hydrogens (tertiary/aromatic N) is 1. The monoisotopic (exact) mass is 449 g/mol. The Morgan fingerprint density at radius 2 is 1.62 bits per heavy atom. The SMILES string of the molecule is CC(=O)C1CCC2C3CCC4CC(C)CCC4(C)C3CCC12C.CN(CCO)CC(=O)O. The summed E-state index contributed by atoms with van der Waals surface area (Å²) in [5.74, 6) is 4.63. The minimum atomic E-state index is -0.869. The fraction of sp³-hybridized carbons (Fsp3) is 0.926. The third kappa shape index (κ3) is 4.94. The summed E-state index contributed by atoms with van der Waals surface area (Å²) < 4.78 is 0. The molecule has 0 saturated heterocycles. The lowest BCUT2D eigenvalue weighted by Gasteiger charge is -2.61. The van der Waals surface area contributed by atoms with Crippen LogP contribution in [0.25, 0.3) is 0 Å². The number of likely N-dealkylation sites (N-methyl/N-ethyl adjacent to an activating group) is 1. The number of carbonyl (C=O) groups is 2. The molecule has 184 valence electrons. The van der Waals surface area contributed by atoms with Crippen LogP contribution < -0.4 is 0 Å². The van der Waals surface area contributed by atoms with E-state index >= 15 is 0 Å². The lowest BCUT2D eigenvalue weighted by molar-refractivity contribution is -0.138. The molecule has 0 spiro atoms. The summed E-state index contributed by atoms with van der Waals surface area (Å²) in [6, 6.07) is 0. The number of aliphatic hydroxyl groups is 1. The number of carbonyl (C=O) groups excluding carboxylic acids is 1. The molecule has 4 aliphatic carbocycles. The lowest BCUT2D eigenvalue weighted by Crippen LogP contribution is -2.53. The maximum Gasteiger partial charge on any atom is 0.317 e. The number of Topliss-reactive ketones (excluding diaryl/α,β-unsaturated/α-hetero) is 1. The molecule has 4 rings (SSSR count). The molecule has 0 amide bonds. The van der Waals surface area contributed by atoms with Crippen LogP contribution in [-0.4, -0.2) is 53.6 Å². The molecule has 8 atom stereocenters. The standard InChI is InChI=1S/C22H36O.C5H11NO3/c1-14-9-11-21(3)16(13-14)5-6-17-19-8-7-18(15(2)23)22(19,4)12-10-20(17)21;1-6(2-3-7)4-5(8)9/h14,16-20H,5-13H2,1-4H3;7H,2-4H2,1H3,(H,8,9). The van der Waals surface area contributed by atoms with Crippen LogP contribution in [-0.2, 0) is 9.59 Å². The van der Waals surface area contributed by atoms with E-state index in [2.05, 4.69) is 20.8 Å². The van der Waals surface area contributed by atoms with Gasteiger partial charge in [0.25, 0.3) is 0 Å². The first kappa shape index (κ1) is 25.7. The Bertz CT molecular complexity index is 681. The van der Waals surface area contributed by atoms with Gasteiger partial charge in [-0.25, -0.2) is 0 Å². The molecule has 4 saturated carbocycles. The van der Waals surface area contributed by atoms with Gasteiger partial charge in [0.1, 0.15) is 5.78 Å². The molecule has 5 heteroatoms. The highest BCUT2D eigenvalue weighted by Gasteiger charge is 2.60. The highest BCUT2D eigenvalue weighted by atomic mass is 16.4. The number of carboxylic acid groups (broad SMARTS) is 1. The molecule has 0 aromatic rings. The van der Waals surface area contributed by atoms with Crippen LogP contribution in [0.4, 0.5) is 0 Å². The van der Waals surface area contributed by atoms with Crippen molar-refractivity contribution in [2.24, 2.45) is 46.3 Å². The van der Waals surface area contributed by atoms with Crippen molar-refractivity contribution in [2.45, 2.75) is 85.5 Å². The minimum Gasteiger partial charge on any atom is -0.480 e. The number of aliphatic hydroxyl groups excluding tert-OH is 1. The van der Waals surface area contributed by atoms with E-state index < -0.39 is 5.97 Å². The average Bonchev–Trinajstić information content (AvgIpc) is 3.06. The van der Waals surface area contributed by atoms with Gasteiger partial charge >= 0.3 is 5.97 Å². The van der Waals surface area contributed by atoms with Crippen molar-refractivity contribution in [3.05, 3.63) is 0 Å². The van der Waals surface area contributed by atoms with Crippen molar-refractivity contribution in [3.63, 3.8) is 0 Å². The van der Waals surface area contributed by atoms with Crippen molar-refractivity contribution in [2.75, 3.05) is 26.7 Å². The van der Waals surface area contributed by atoms with Crippen LogP contribution >= 0.6 is 0 Å². The Kier molecular flexibility index (Phi) is 8.13. The number of carboxylic acids is 1. The highest BCUT2D eigenvalue weighted by molar-refractivity contribution is 5.79.